The average molecular weight is 365 g/mol. The molecule has 0 unspecified atom stereocenters. The van der Waals surface area contributed by atoms with E-state index >= 15 is 0 Å². The second-order valence-electron chi connectivity index (χ2n) is 5.69. The summed E-state index contributed by atoms with van der Waals surface area (Å²) in [5.41, 5.74) is 2.95. The van der Waals surface area contributed by atoms with Crippen molar-refractivity contribution in [2.75, 3.05) is 7.11 Å². The zero-order valence-corrected chi connectivity index (χ0v) is 14.9. The van der Waals surface area contributed by atoms with E-state index in [2.05, 4.69) is 0 Å². The molecule has 0 aliphatic heterocycles. The van der Waals surface area contributed by atoms with E-state index in [1.54, 1.807) is 18.2 Å². The molecule has 0 spiro atoms. The molecule has 0 saturated heterocycles. The Balaban J connectivity index is 1.83. The van der Waals surface area contributed by atoms with E-state index in [1.165, 1.54) is 25.3 Å². The van der Waals surface area contributed by atoms with Crippen molar-refractivity contribution in [3.05, 3.63) is 89.0 Å². The number of halogens is 1. The first-order valence-corrected chi connectivity index (χ1v) is 8.40. The van der Waals surface area contributed by atoms with Crippen LogP contribution in [0, 0.1) is 0 Å². The predicted molar refractivity (Wildman–Crippen MR) is 105 cm³/mol. The normalized spacial score (nSPS) is 10.8. The Morgan fingerprint density at radius 2 is 1.81 bits per heavy atom. The van der Waals surface area contributed by atoms with Gasteiger partial charge in [-0.25, -0.2) is 0 Å². The number of allylic oxidation sites excluding steroid dienone is 1. The molecule has 0 radical (unpaired) electrons. The zero-order valence-electron chi connectivity index (χ0n) is 14.1. The Kier molecular flexibility index (Phi) is 5.40. The number of rotatable bonds is 5. The van der Waals surface area contributed by atoms with Crippen LogP contribution in [0.3, 0.4) is 0 Å². The van der Waals surface area contributed by atoms with Gasteiger partial charge >= 0.3 is 0 Å². The molecule has 0 fully saturated rings. The molecular weight excluding hydrogens is 348 g/mol. The molecule has 3 aromatic carbocycles. The number of methoxy groups -OCH3 is 1. The minimum atomic E-state index is -0.315. The molecule has 26 heavy (non-hydrogen) atoms. The van der Waals surface area contributed by atoms with Crippen LogP contribution in [0.15, 0.2) is 72.8 Å². The summed E-state index contributed by atoms with van der Waals surface area (Å²) >= 11 is 6.39. The number of phenols is 1. The Morgan fingerprint density at radius 3 is 2.50 bits per heavy atom. The molecular formula is C22H17ClO3. The van der Waals surface area contributed by atoms with Crippen LogP contribution in [-0.2, 0) is 0 Å². The molecule has 0 aliphatic rings. The third-order valence-corrected chi connectivity index (χ3v) is 4.29. The van der Waals surface area contributed by atoms with Crippen LogP contribution in [0.25, 0.3) is 17.2 Å². The summed E-state index contributed by atoms with van der Waals surface area (Å²) in [6, 6.07) is 20.0. The highest BCUT2D eigenvalue weighted by atomic mass is 35.5. The maximum atomic E-state index is 12.3. The summed E-state index contributed by atoms with van der Waals surface area (Å²) in [6.45, 7) is 0. The fourth-order valence-electron chi connectivity index (χ4n) is 2.59. The maximum absolute atomic E-state index is 12.3. The van der Waals surface area contributed by atoms with Gasteiger partial charge in [0.15, 0.2) is 5.78 Å². The van der Waals surface area contributed by atoms with E-state index in [4.69, 9.17) is 16.3 Å². The summed E-state index contributed by atoms with van der Waals surface area (Å²) in [5.74, 6) is 0.109. The number of hydrogen-bond donors (Lipinski definition) is 1. The Hall–Kier alpha value is -3.04. The van der Waals surface area contributed by atoms with Crippen LogP contribution in [0.1, 0.15) is 15.9 Å². The first-order valence-electron chi connectivity index (χ1n) is 8.03. The third-order valence-electron chi connectivity index (χ3n) is 3.97. The number of carbonyl (C=O) groups is 1. The van der Waals surface area contributed by atoms with Crippen LogP contribution in [0.2, 0.25) is 5.02 Å². The number of ether oxygens (including phenoxy) is 1. The molecule has 0 aromatic heterocycles. The molecule has 0 heterocycles. The van der Waals surface area contributed by atoms with E-state index in [9.17, 15) is 9.90 Å². The fourth-order valence-corrected chi connectivity index (χ4v) is 2.89. The van der Waals surface area contributed by atoms with Gasteiger partial charge in [-0.2, -0.15) is 0 Å². The molecule has 0 bridgehead atoms. The highest BCUT2D eigenvalue weighted by Gasteiger charge is 2.10. The van der Waals surface area contributed by atoms with Gasteiger partial charge in [-0.1, -0.05) is 60.1 Å². The monoisotopic (exact) mass is 364 g/mol. The first-order chi connectivity index (χ1) is 12.6. The van der Waals surface area contributed by atoms with E-state index in [0.717, 1.165) is 16.7 Å². The van der Waals surface area contributed by atoms with Gasteiger partial charge in [0.25, 0.3) is 0 Å². The van der Waals surface area contributed by atoms with Crippen LogP contribution in [-0.4, -0.2) is 18.0 Å². The van der Waals surface area contributed by atoms with Crippen molar-refractivity contribution < 1.29 is 14.6 Å². The zero-order chi connectivity index (χ0) is 18.5. The van der Waals surface area contributed by atoms with Crippen molar-refractivity contribution >= 4 is 23.5 Å². The highest BCUT2D eigenvalue weighted by molar-refractivity contribution is 6.33. The molecule has 1 N–H and O–H groups in total. The lowest BCUT2D eigenvalue weighted by Crippen LogP contribution is -1.96. The van der Waals surface area contributed by atoms with Gasteiger partial charge in [-0.05, 0) is 41.5 Å². The standard InChI is InChI=1S/C22H17ClO3/c1-26-17-9-12-22(25)19(14-17)21(24)11-8-15-7-10-18(20(23)13-15)16-5-3-2-4-6-16/h2-14,25H,1H3/b11-8+. The first kappa shape index (κ1) is 17.8. The Bertz CT molecular complexity index is 962. The van der Waals surface area contributed by atoms with Gasteiger partial charge in [0.2, 0.25) is 0 Å². The quantitative estimate of drug-likeness (QED) is 0.472. The van der Waals surface area contributed by atoms with E-state index < -0.39 is 0 Å². The maximum Gasteiger partial charge on any atom is 0.189 e. The van der Waals surface area contributed by atoms with Crippen LogP contribution in [0.5, 0.6) is 11.5 Å². The molecule has 0 saturated carbocycles. The third kappa shape index (κ3) is 3.95. The van der Waals surface area contributed by atoms with Crippen molar-refractivity contribution in [1.82, 2.24) is 0 Å². The Morgan fingerprint density at radius 1 is 1.04 bits per heavy atom. The van der Waals surface area contributed by atoms with Crippen LogP contribution < -0.4 is 4.74 Å². The molecule has 0 atom stereocenters. The number of carbonyl (C=O) groups excluding carboxylic acids is 1. The van der Waals surface area contributed by atoms with Gasteiger partial charge in [0, 0.05) is 10.6 Å². The topological polar surface area (TPSA) is 46.5 Å². The van der Waals surface area contributed by atoms with Crippen molar-refractivity contribution in [3.8, 4) is 22.6 Å². The summed E-state index contributed by atoms with van der Waals surface area (Å²) < 4.78 is 5.09. The smallest absolute Gasteiger partial charge is 0.189 e. The van der Waals surface area contributed by atoms with Crippen molar-refractivity contribution in [3.63, 3.8) is 0 Å². The molecule has 130 valence electrons. The second kappa shape index (κ2) is 7.89. The number of phenolic OH excluding ortho intramolecular Hbond substituents is 1. The lowest BCUT2D eigenvalue weighted by Gasteiger charge is -2.06. The van der Waals surface area contributed by atoms with Gasteiger partial charge in [-0.15, -0.1) is 0 Å². The van der Waals surface area contributed by atoms with E-state index in [1.807, 2.05) is 42.5 Å². The van der Waals surface area contributed by atoms with Crippen LogP contribution in [0.4, 0.5) is 0 Å². The number of benzene rings is 3. The SMILES string of the molecule is COc1ccc(O)c(C(=O)/C=C/c2ccc(-c3ccccc3)c(Cl)c2)c1. The average Bonchev–Trinajstić information content (AvgIpc) is 2.67. The molecule has 3 rings (SSSR count). The second-order valence-corrected chi connectivity index (χ2v) is 6.09. The predicted octanol–water partition coefficient (Wildman–Crippen LogP) is 5.62. The van der Waals surface area contributed by atoms with Gasteiger partial charge in [-0.3, -0.25) is 4.79 Å². The lowest BCUT2D eigenvalue weighted by molar-refractivity contribution is 0.104. The summed E-state index contributed by atoms with van der Waals surface area (Å²) in [5, 5.41) is 10.5. The Labute approximate surface area is 157 Å². The molecule has 4 heteroatoms. The summed E-state index contributed by atoms with van der Waals surface area (Å²) in [4.78, 5) is 12.3. The van der Waals surface area contributed by atoms with Gasteiger partial charge in [0.1, 0.15) is 11.5 Å². The number of ketones is 1. The summed E-state index contributed by atoms with van der Waals surface area (Å²) in [6.07, 6.45) is 3.07. The highest BCUT2D eigenvalue weighted by Crippen LogP contribution is 2.29. The molecule has 3 aromatic rings. The van der Waals surface area contributed by atoms with E-state index in [0.29, 0.717) is 10.8 Å². The molecule has 3 nitrogen and oxygen atoms in total. The van der Waals surface area contributed by atoms with Crippen molar-refractivity contribution in [2.24, 2.45) is 0 Å². The minimum Gasteiger partial charge on any atom is -0.507 e. The number of hydrogen-bond acceptors (Lipinski definition) is 3. The fraction of sp³-hybridized carbons (Fsp3) is 0.0455. The lowest BCUT2D eigenvalue weighted by atomic mass is 10.0. The van der Waals surface area contributed by atoms with Crippen molar-refractivity contribution in [2.45, 2.75) is 0 Å². The number of aromatic hydroxyl groups is 1. The molecule has 0 amide bonds. The molecule has 0 aliphatic carbocycles. The van der Waals surface area contributed by atoms with E-state index in [-0.39, 0.29) is 17.1 Å². The van der Waals surface area contributed by atoms with Crippen LogP contribution >= 0.6 is 11.6 Å². The van der Waals surface area contributed by atoms with Gasteiger partial charge in [0.05, 0.1) is 12.7 Å². The largest absolute Gasteiger partial charge is 0.507 e. The summed E-state index contributed by atoms with van der Waals surface area (Å²) in [7, 11) is 1.51. The van der Waals surface area contributed by atoms with Gasteiger partial charge < -0.3 is 9.84 Å². The van der Waals surface area contributed by atoms with Crippen molar-refractivity contribution in [1.29, 1.82) is 0 Å². The minimum absolute atomic E-state index is 0.0853.